The smallest absolute Gasteiger partial charge is 0.0505 e. The Morgan fingerprint density at radius 2 is 1.95 bits per heavy atom. The van der Waals surface area contributed by atoms with Crippen LogP contribution in [0.2, 0.25) is 0 Å². The summed E-state index contributed by atoms with van der Waals surface area (Å²) in [5, 5.41) is 0. The van der Waals surface area contributed by atoms with Gasteiger partial charge in [0.1, 0.15) is 0 Å². The highest BCUT2D eigenvalue weighted by molar-refractivity contribution is 14.1. The van der Waals surface area contributed by atoms with Crippen LogP contribution in [-0.2, 0) is 0 Å². The average Bonchev–Trinajstić information content (AvgIpc) is 3.25. The number of hydrogen-bond donors (Lipinski definition) is 2. The summed E-state index contributed by atoms with van der Waals surface area (Å²) in [4.78, 5) is 0. The van der Waals surface area contributed by atoms with Gasteiger partial charge in [-0.3, -0.25) is 11.3 Å². The molecule has 2 nitrogen and oxygen atoms in total. The molecular formula is C16H16BrIN2. The van der Waals surface area contributed by atoms with Gasteiger partial charge >= 0.3 is 0 Å². The van der Waals surface area contributed by atoms with Crippen LogP contribution < -0.4 is 11.3 Å². The highest BCUT2D eigenvalue weighted by Gasteiger charge is 2.44. The number of nitrogens with one attached hydrogen (secondary N) is 1. The van der Waals surface area contributed by atoms with Crippen molar-refractivity contribution in [2.75, 3.05) is 0 Å². The molecule has 2 aromatic carbocycles. The number of nitrogens with two attached hydrogens (primary N) is 1. The van der Waals surface area contributed by atoms with Crippen LogP contribution in [0.1, 0.15) is 29.5 Å². The van der Waals surface area contributed by atoms with Crippen LogP contribution in [0.3, 0.4) is 0 Å². The van der Waals surface area contributed by atoms with Crippen molar-refractivity contribution >= 4 is 38.5 Å². The normalized spacial score (nSPS) is 22.6. The molecule has 0 aromatic heterocycles. The molecule has 3 unspecified atom stereocenters. The Morgan fingerprint density at radius 3 is 2.65 bits per heavy atom. The maximum absolute atomic E-state index is 5.84. The van der Waals surface area contributed by atoms with Gasteiger partial charge < -0.3 is 0 Å². The monoisotopic (exact) mass is 442 g/mol. The number of rotatable bonds is 4. The van der Waals surface area contributed by atoms with E-state index >= 15 is 0 Å². The minimum atomic E-state index is 0.213. The van der Waals surface area contributed by atoms with Gasteiger partial charge in [-0.1, -0.05) is 46.3 Å². The first-order chi connectivity index (χ1) is 9.70. The summed E-state index contributed by atoms with van der Waals surface area (Å²) < 4.78 is 2.36. The fourth-order valence-electron chi connectivity index (χ4n) is 2.86. The Kier molecular flexibility index (Phi) is 4.45. The van der Waals surface area contributed by atoms with Gasteiger partial charge in [-0.15, -0.1) is 0 Å². The van der Waals surface area contributed by atoms with E-state index in [1.54, 1.807) is 0 Å². The average molecular weight is 443 g/mol. The van der Waals surface area contributed by atoms with Crippen molar-refractivity contribution in [3.05, 3.63) is 67.7 Å². The van der Waals surface area contributed by atoms with Crippen LogP contribution in [0.15, 0.2) is 53.0 Å². The zero-order valence-corrected chi connectivity index (χ0v) is 14.6. The van der Waals surface area contributed by atoms with E-state index in [2.05, 4.69) is 92.5 Å². The van der Waals surface area contributed by atoms with Crippen LogP contribution in [0.5, 0.6) is 0 Å². The lowest BCUT2D eigenvalue weighted by atomic mass is 9.99. The summed E-state index contributed by atoms with van der Waals surface area (Å²) in [7, 11) is 0. The first-order valence-corrected chi connectivity index (χ1v) is 8.54. The SMILES string of the molecule is NNC(c1cc(Br)ccc1I)C1CC1c1ccccc1. The lowest BCUT2D eigenvalue weighted by Crippen LogP contribution is -2.30. The molecule has 0 radical (unpaired) electrons. The molecule has 3 N–H and O–H groups in total. The molecule has 2 aromatic rings. The van der Waals surface area contributed by atoms with Gasteiger partial charge in [0.15, 0.2) is 0 Å². The second kappa shape index (κ2) is 6.13. The van der Waals surface area contributed by atoms with Crippen molar-refractivity contribution in [3.8, 4) is 0 Å². The number of halogens is 2. The van der Waals surface area contributed by atoms with Crippen molar-refractivity contribution in [2.45, 2.75) is 18.4 Å². The van der Waals surface area contributed by atoms with Crippen LogP contribution >= 0.6 is 38.5 Å². The maximum atomic E-state index is 5.84. The van der Waals surface area contributed by atoms with E-state index < -0.39 is 0 Å². The van der Waals surface area contributed by atoms with E-state index in [9.17, 15) is 0 Å². The lowest BCUT2D eigenvalue weighted by molar-refractivity contribution is 0.485. The summed E-state index contributed by atoms with van der Waals surface area (Å²) in [6.07, 6.45) is 1.20. The molecule has 3 atom stereocenters. The van der Waals surface area contributed by atoms with Crippen LogP contribution in [-0.4, -0.2) is 0 Å². The van der Waals surface area contributed by atoms with Crippen molar-refractivity contribution in [1.82, 2.24) is 5.43 Å². The van der Waals surface area contributed by atoms with E-state index in [1.165, 1.54) is 21.1 Å². The van der Waals surface area contributed by atoms with Gasteiger partial charge in [-0.25, -0.2) is 0 Å². The number of hydrazine groups is 1. The Bertz CT molecular complexity index is 603. The Labute approximate surface area is 141 Å². The van der Waals surface area contributed by atoms with Gasteiger partial charge in [0.05, 0.1) is 6.04 Å². The van der Waals surface area contributed by atoms with Gasteiger partial charge in [-0.05, 0) is 70.2 Å². The molecule has 1 aliphatic carbocycles. The summed E-state index contributed by atoms with van der Waals surface area (Å²) in [5.41, 5.74) is 5.72. The summed E-state index contributed by atoms with van der Waals surface area (Å²) in [5.74, 6) is 7.03. The van der Waals surface area contributed by atoms with Gasteiger partial charge in [-0.2, -0.15) is 0 Å². The molecule has 3 rings (SSSR count). The van der Waals surface area contributed by atoms with Crippen molar-refractivity contribution in [2.24, 2.45) is 11.8 Å². The minimum absolute atomic E-state index is 0.213. The molecule has 0 saturated heterocycles. The third-order valence-electron chi connectivity index (χ3n) is 3.97. The topological polar surface area (TPSA) is 38.0 Å². The first kappa shape index (κ1) is 14.5. The second-order valence-corrected chi connectivity index (χ2v) is 7.30. The highest BCUT2D eigenvalue weighted by atomic mass is 127. The zero-order valence-electron chi connectivity index (χ0n) is 10.9. The van der Waals surface area contributed by atoms with E-state index in [4.69, 9.17) is 5.84 Å². The molecule has 1 saturated carbocycles. The van der Waals surface area contributed by atoms with Crippen LogP contribution in [0.25, 0.3) is 0 Å². The molecule has 20 heavy (non-hydrogen) atoms. The number of hydrogen-bond acceptors (Lipinski definition) is 2. The van der Waals surface area contributed by atoms with E-state index in [0.29, 0.717) is 11.8 Å². The largest absolute Gasteiger partial charge is 0.271 e. The molecule has 0 amide bonds. The molecular weight excluding hydrogens is 427 g/mol. The fourth-order valence-corrected chi connectivity index (χ4v) is 3.91. The molecule has 104 valence electrons. The third-order valence-corrected chi connectivity index (χ3v) is 5.44. The van der Waals surface area contributed by atoms with E-state index in [-0.39, 0.29) is 6.04 Å². The van der Waals surface area contributed by atoms with Crippen LogP contribution in [0, 0.1) is 9.49 Å². The molecule has 1 fully saturated rings. The Morgan fingerprint density at radius 1 is 1.20 bits per heavy atom. The lowest BCUT2D eigenvalue weighted by Gasteiger charge is -2.18. The minimum Gasteiger partial charge on any atom is -0.271 e. The summed E-state index contributed by atoms with van der Waals surface area (Å²) in [6, 6.07) is 17.3. The molecule has 0 spiro atoms. The molecule has 0 aliphatic heterocycles. The molecule has 0 heterocycles. The Hall–Kier alpha value is -0.430. The quantitative estimate of drug-likeness (QED) is 0.419. The van der Waals surface area contributed by atoms with Gasteiger partial charge in [0, 0.05) is 8.04 Å². The molecule has 4 heteroatoms. The standard InChI is InChI=1S/C16H16BrIN2/c17-11-6-7-15(18)14(8-11)16(20-19)13-9-12(13)10-4-2-1-3-5-10/h1-8,12-13,16,20H,9,19H2. The second-order valence-electron chi connectivity index (χ2n) is 5.23. The zero-order chi connectivity index (χ0) is 14.1. The highest BCUT2D eigenvalue weighted by Crippen LogP contribution is 2.54. The van der Waals surface area contributed by atoms with Gasteiger partial charge in [0.25, 0.3) is 0 Å². The van der Waals surface area contributed by atoms with Crippen LogP contribution in [0.4, 0.5) is 0 Å². The first-order valence-electron chi connectivity index (χ1n) is 6.66. The van der Waals surface area contributed by atoms with E-state index in [1.807, 2.05) is 0 Å². The number of benzene rings is 2. The molecule has 0 bridgehead atoms. The predicted molar refractivity (Wildman–Crippen MR) is 94.2 cm³/mol. The Balaban J connectivity index is 1.84. The van der Waals surface area contributed by atoms with Gasteiger partial charge in [0.2, 0.25) is 0 Å². The van der Waals surface area contributed by atoms with Crippen molar-refractivity contribution in [1.29, 1.82) is 0 Å². The van der Waals surface area contributed by atoms with E-state index in [0.717, 1.165) is 4.47 Å². The summed E-state index contributed by atoms with van der Waals surface area (Å²) >= 11 is 5.93. The third kappa shape index (κ3) is 2.93. The predicted octanol–water partition coefficient (Wildman–Crippen LogP) is 4.36. The molecule has 1 aliphatic rings. The van der Waals surface area contributed by atoms with Crippen molar-refractivity contribution < 1.29 is 0 Å². The van der Waals surface area contributed by atoms with Crippen molar-refractivity contribution in [3.63, 3.8) is 0 Å². The summed E-state index contributed by atoms with van der Waals surface area (Å²) in [6.45, 7) is 0. The maximum Gasteiger partial charge on any atom is 0.0505 e. The fraction of sp³-hybridized carbons (Fsp3) is 0.250.